The van der Waals surface area contributed by atoms with Gasteiger partial charge in [-0.2, -0.15) is 10.4 Å². The quantitative estimate of drug-likeness (QED) is 0.563. The van der Waals surface area contributed by atoms with Crippen molar-refractivity contribution < 1.29 is 0 Å². The Balaban J connectivity index is 1.92. The van der Waals surface area contributed by atoms with Gasteiger partial charge in [0.05, 0.1) is 11.3 Å². The molecule has 0 spiro atoms. The first-order chi connectivity index (χ1) is 12.8. The zero-order valence-corrected chi connectivity index (χ0v) is 14.2. The first kappa shape index (κ1) is 15.7. The van der Waals surface area contributed by atoms with E-state index >= 15 is 0 Å². The molecule has 0 radical (unpaired) electrons. The van der Waals surface area contributed by atoms with Gasteiger partial charge in [0.15, 0.2) is 11.3 Å². The average molecular weight is 337 g/mol. The fraction of sp³-hybridized carbons (Fsp3) is 0.0476. The van der Waals surface area contributed by atoms with E-state index in [0.717, 1.165) is 22.4 Å². The Labute approximate surface area is 150 Å². The Bertz CT molecular complexity index is 1140. The fourth-order valence-electron chi connectivity index (χ4n) is 2.94. The van der Waals surface area contributed by atoms with E-state index in [-0.39, 0.29) is 5.69 Å². The number of nitrogens with zero attached hydrogens (tertiary/aromatic N) is 5. The van der Waals surface area contributed by atoms with Gasteiger partial charge in [-0.05, 0) is 24.1 Å². The van der Waals surface area contributed by atoms with Gasteiger partial charge in [0, 0.05) is 0 Å². The van der Waals surface area contributed by atoms with Crippen molar-refractivity contribution in [3.63, 3.8) is 0 Å². The van der Waals surface area contributed by atoms with Gasteiger partial charge in [-0.25, -0.2) is 4.52 Å². The van der Waals surface area contributed by atoms with Crippen LogP contribution in [0.3, 0.4) is 0 Å². The summed E-state index contributed by atoms with van der Waals surface area (Å²) in [5, 5.41) is 22.4. The highest BCUT2D eigenvalue weighted by molar-refractivity contribution is 5.81. The minimum absolute atomic E-state index is 0.242. The molecule has 4 aromatic rings. The van der Waals surface area contributed by atoms with Crippen LogP contribution >= 0.6 is 0 Å². The molecule has 0 aliphatic carbocycles. The summed E-state index contributed by atoms with van der Waals surface area (Å²) in [6.45, 7) is 1.94. The van der Waals surface area contributed by atoms with Crippen molar-refractivity contribution in [2.24, 2.45) is 0 Å². The molecule has 4 rings (SSSR count). The maximum atomic E-state index is 9.44. The molecule has 0 atom stereocenters. The number of aryl methyl sites for hydroxylation is 1. The molecule has 0 aliphatic rings. The van der Waals surface area contributed by atoms with E-state index in [0.29, 0.717) is 11.3 Å². The molecule has 2 aromatic carbocycles. The van der Waals surface area contributed by atoms with Crippen LogP contribution in [0.15, 0.2) is 60.7 Å². The molecule has 2 heterocycles. The van der Waals surface area contributed by atoms with Crippen molar-refractivity contribution >= 4 is 17.8 Å². The number of hydrogen-bond acceptors (Lipinski definition) is 4. The third-order valence-corrected chi connectivity index (χ3v) is 4.15. The molecule has 0 amide bonds. The molecule has 0 aliphatic heterocycles. The molecule has 0 N–H and O–H groups in total. The first-order valence-electron chi connectivity index (χ1n) is 8.22. The van der Waals surface area contributed by atoms with Gasteiger partial charge >= 0.3 is 0 Å². The Morgan fingerprint density at radius 3 is 2.31 bits per heavy atom. The maximum absolute atomic E-state index is 9.44. The van der Waals surface area contributed by atoms with Crippen LogP contribution < -0.4 is 0 Å². The lowest BCUT2D eigenvalue weighted by atomic mass is 10.1. The van der Waals surface area contributed by atoms with E-state index in [1.807, 2.05) is 79.7 Å². The number of nitriles is 1. The van der Waals surface area contributed by atoms with Gasteiger partial charge in [0.25, 0.3) is 0 Å². The minimum Gasteiger partial charge on any atom is -0.210 e. The van der Waals surface area contributed by atoms with Crippen LogP contribution in [0, 0.1) is 18.3 Å². The van der Waals surface area contributed by atoms with Crippen molar-refractivity contribution in [2.45, 2.75) is 6.92 Å². The smallest absolute Gasteiger partial charge is 0.188 e. The molecule has 26 heavy (non-hydrogen) atoms. The summed E-state index contributed by atoms with van der Waals surface area (Å²) in [4.78, 5) is 0. The van der Waals surface area contributed by atoms with Crippen LogP contribution in [0.4, 0.5) is 0 Å². The fourth-order valence-corrected chi connectivity index (χ4v) is 2.94. The van der Waals surface area contributed by atoms with Crippen molar-refractivity contribution in [3.8, 4) is 17.2 Å². The number of aromatic nitrogens is 4. The average Bonchev–Trinajstić information content (AvgIpc) is 3.03. The van der Waals surface area contributed by atoms with Gasteiger partial charge in [0.2, 0.25) is 0 Å². The van der Waals surface area contributed by atoms with E-state index in [1.165, 1.54) is 0 Å². The normalized spacial score (nSPS) is 11.1. The lowest BCUT2D eigenvalue weighted by Gasteiger charge is -2.02. The first-order valence-corrected chi connectivity index (χ1v) is 8.22. The standard InChI is InChI=1S/C21H15N5/c1-15-20(17-10-6-3-7-11-17)21-24-23-18(14-22)19(26(21)25-15)13-12-16-8-4-2-5-9-16/h2-13H,1H3. The molecule has 0 bridgehead atoms. The molecule has 2 aromatic heterocycles. The molecular weight excluding hydrogens is 322 g/mol. The predicted octanol–water partition coefficient (Wildman–Crippen LogP) is 4.14. The van der Waals surface area contributed by atoms with Crippen LogP contribution in [0.2, 0.25) is 0 Å². The van der Waals surface area contributed by atoms with E-state index < -0.39 is 0 Å². The van der Waals surface area contributed by atoms with Gasteiger partial charge in [-0.1, -0.05) is 66.7 Å². The van der Waals surface area contributed by atoms with E-state index in [9.17, 15) is 5.26 Å². The van der Waals surface area contributed by atoms with E-state index in [1.54, 1.807) is 4.52 Å². The van der Waals surface area contributed by atoms with Crippen LogP contribution in [0.25, 0.3) is 28.9 Å². The van der Waals surface area contributed by atoms with E-state index in [2.05, 4.69) is 21.4 Å². The summed E-state index contributed by atoms with van der Waals surface area (Å²) < 4.78 is 1.70. The Morgan fingerprint density at radius 2 is 1.62 bits per heavy atom. The highest BCUT2D eigenvalue weighted by Gasteiger charge is 2.17. The number of hydrogen-bond donors (Lipinski definition) is 0. The van der Waals surface area contributed by atoms with Crippen LogP contribution in [-0.2, 0) is 0 Å². The summed E-state index contributed by atoms with van der Waals surface area (Å²) in [5.74, 6) is 0. The van der Waals surface area contributed by atoms with E-state index in [4.69, 9.17) is 0 Å². The van der Waals surface area contributed by atoms with Crippen molar-refractivity contribution in [1.82, 2.24) is 19.8 Å². The zero-order valence-electron chi connectivity index (χ0n) is 14.2. The summed E-state index contributed by atoms with van der Waals surface area (Å²) in [6.07, 6.45) is 3.80. The van der Waals surface area contributed by atoms with Crippen molar-refractivity contribution in [3.05, 3.63) is 83.3 Å². The third-order valence-electron chi connectivity index (χ3n) is 4.15. The van der Waals surface area contributed by atoms with Gasteiger partial charge in [0.1, 0.15) is 11.8 Å². The van der Waals surface area contributed by atoms with Gasteiger partial charge in [-0.15, -0.1) is 10.2 Å². The van der Waals surface area contributed by atoms with Gasteiger partial charge in [-0.3, -0.25) is 0 Å². The second-order valence-electron chi connectivity index (χ2n) is 5.85. The summed E-state index contributed by atoms with van der Waals surface area (Å²) >= 11 is 0. The maximum Gasteiger partial charge on any atom is 0.188 e. The third kappa shape index (κ3) is 2.74. The number of benzene rings is 2. The largest absolute Gasteiger partial charge is 0.210 e. The minimum atomic E-state index is 0.242. The molecule has 0 saturated carbocycles. The highest BCUT2D eigenvalue weighted by Crippen LogP contribution is 2.27. The predicted molar refractivity (Wildman–Crippen MR) is 101 cm³/mol. The molecule has 0 saturated heterocycles. The molecule has 0 fully saturated rings. The number of rotatable bonds is 3. The SMILES string of the molecule is Cc1nn2c(C=Cc3ccccc3)c(C#N)nnc2c1-c1ccccc1. The topological polar surface area (TPSA) is 66.9 Å². The van der Waals surface area contributed by atoms with Gasteiger partial charge < -0.3 is 0 Å². The molecule has 5 heteroatoms. The van der Waals surface area contributed by atoms with Crippen LogP contribution in [0.5, 0.6) is 0 Å². The van der Waals surface area contributed by atoms with Crippen molar-refractivity contribution in [1.29, 1.82) is 5.26 Å². The lowest BCUT2D eigenvalue weighted by Crippen LogP contribution is -2.03. The van der Waals surface area contributed by atoms with Crippen molar-refractivity contribution in [2.75, 3.05) is 0 Å². The Hall–Kier alpha value is -3.78. The number of fused-ring (bicyclic) bond motifs is 1. The molecule has 5 nitrogen and oxygen atoms in total. The monoisotopic (exact) mass is 337 g/mol. The second-order valence-corrected chi connectivity index (χ2v) is 5.85. The zero-order chi connectivity index (χ0) is 17.9. The van der Waals surface area contributed by atoms with Crippen LogP contribution in [0.1, 0.15) is 22.6 Å². The molecule has 124 valence electrons. The second kappa shape index (κ2) is 6.61. The summed E-state index contributed by atoms with van der Waals surface area (Å²) in [7, 11) is 0. The Kier molecular flexibility index (Phi) is 4.00. The molecular formula is C21H15N5. The Morgan fingerprint density at radius 1 is 0.923 bits per heavy atom. The summed E-state index contributed by atoms with van der Waals surface area (Å²) in [5.41, 5.74) is 5.33. The highest BCUT2D eigenvalue weighted by atomic mass is 15.3. The molecule has 0 unspecified atom stereocenters. The summed E-state index contributed by atoms with van der Waals surface area (Å²) in [6, 6.07) is 22.0. The van der Waals surface area contributed by atoms with Crippen LogP contribution in [-0.4, -0.2) is 19.8 Å². The lowest BCUT2D eigenvalue weighted by molar-refractivity contribution is 0.856.